The molecule has 23 heavy (non-hydrogen) atoms. The second-order valence-corrected chi connectivity index (χ2v) is 4.76. The third kappa shape index (κ3) is 4.00. The van der Waals surface area contributed by atoms with Crippen LogP contribution in [-0.4, -0.2) is 31.3 Å². The van der Waals surface area contributed by atoms with E-state index in [0.29, 0.717) is 12.2 Å². The number of anilines is 1. The summed E-state index contributed by atoms with van der Waals surface area (Å²) < 4.78 is 9.80. The van der Waals surface area contributed by atoms with Crippen LogP contribution in [0.25, 0.3) is 0 Å². The Morgan fingerprint density at radius 2 is 1.78 bits per heavy atom. The molecular weight excluding hydrogens is 298 g/mol. The Morgan fingerprint density at radius 1 is 1.09 bits per heavy atom. The Labute approximate surface area is 133 Å². The summed E-state index contributed by atoms with van der Waals surface area (Å²) in [6.07, 6.45) is 0. The number of carbonyl (C=O) groups excluding carboxylic acids is 1. The van der Waals surface area contributed by atoms with Crippen LogP contribution >= 0.6 is 0 Å². The third-order valence-electron chi connectivity index (χ3n) is 3.31. The van der Waals surface area contributed by atoms with Gasteiger partial charge in [0.15, 0.2) is 0 Å². The smallest absolute Gasteiger partial charge is 0.339 e. The number of nitrogens with one attached hydrogen (secondary N) is 1. The van der Waals surface area contributed by atoms with Crippen molar-refractivity contribution in [3.63, 3.8) is 0 Å². The van der Waals surface area contributed by atoms with Gasteiger partial charge in [-0.2, -0.15) is 0 Å². The predicted molar refractivity (Wildman–Crippen MR) is 85.1 cm³/mol. The quantitative estimate of drug-likeness (QED) is 0.797. The standard InChI is InChI=1S/C17H17NO5/c1-22-13-6-3-11(4-7-13)10-18-15-8-5-12(16(19)20)9-14(15)17(21)23-2/h3-9,18H,10H2,1-2H3,(H,19,20). The zero-order chi connectivity index (χ0) is 16.8. The van der Waals surface area contributed by atoms with E-state index in [1.165, 1.54) is 19.2 Å². The van der Waals surface area contributed by atoms with Crippen LogP contribution in [0.2, 0.25) is 0 Å². The van der Waals surface area contributed by atoms with E-state index < -0.39 is 11.9 Å². The Balaban J connectivity index is 2.20. The van der Waals surface area contributed by atoms with Crippen molar-refractivity contribution in [1.29, 1.82) is 0 Å². The number of ether oxygens (including phenoxy) is 2. The molecule has 0 saturated heterocycles. The summed E-state index contributed by atoms with van der Waals surface area (Å²) >= 11 is 0. The molecule has 2 rings (SSSR count). The van der Waals surface area contributed by atoms with Crippen LogP contribution in [0.5, 0.6) is 5.75 Å². The van der Waals surface area contributed by atoms with E-state index in [4.69, 9.17) is 14.6 Å². The number of aromatic carboxylic acids is 1. The van der Waals surface area contributed by atoms with E-state index in [0.717, 1.165) is 11.3 Å². The summed E-state index contributed by atoms with van der Waals surface area (Å²) in [6, 6.07) is 11.8. The number of hydrogen-bond donors (Lipinski definition) is 2. The average molecular weight is 315 g/mol. The summed E-state index contributed by atoms with van der Waals surface area (Å²) in [6.45, 7) is 0.473. The normalized spacial score (nSPS) is 10.0. The molecule has 2 N–H and O–H groups in total. The van der Waals surface area contributed by atoms with Gasteiger partial charge in [-0.25, -0.2) is 9.59 Å². The summed E-state index contributed by atoms with van der Waals surface area (Å²) in [7, 11) is 2.85. The van der Waals surface area contributed by atoms with E-state index in [9.17, 15) is 9.59 Å². The van der Waals surface area contributed by atoms with E-state index in [-0.39, 0.29) is 11.1 Å². The second-order valence-electron chi connectivity index (χ2n) is 4.76. The van der Waals surface area contributed by atoms with Crippen molar-refractivity contribution in [3.8, 4) is 5.75 Å². The number of benzene rings is 2. The molecule has 2 aromatic rings. The number of methoxy groups -OCH3 is 2. The van der Waals surface area contributed by atoms with E-state index in [2.05, 4.69) is 5.32 Å². The van der Waals surface area contributed by atoms with Crippen LogP contribution in [0.1, 0.15) is 26.3 Å². The lowest BCUT2D eigenvalue weighted by Gasteiger charge is -2.12. The average Bonchev–Trinajstić information content (AvgIpc) is 2.59. The number of carboxylic acids is 1. The highest BCUT2D eigenvalue weighted by atomic mass is 16.5. The molecule has 0 aliphatic heterocycles. The Bertz CT molecular complexity index is 709. The molecule has 0 heterocycles. The Kier molecular flexibility index (Phi) is 5.19. The van der Waals surface area contributed by atoms with Crippen molar-refractivity contribution in [1.82, 2.24) is 0 Å². The van der Waals surface area contributed by atoms with Gasteiger partial charge >= 0.3 is 11.9 Å². The highest BCUT2D eigenvalue weighted by Gasteiger charge is 2.15. The molecule has 6 heteroatoms. The first-order valence-electron chi connectivity index (χ1n) is 6.87. The fourth-order valence-corrected chi connectivity index (χ4v) is 2.05. The molecular formula is C17H17NO5. The summed E-state index contributed by atoms with van der Waals surface area (Å²) in [5.74, 6) is -0.933. The minimum absolute atomic E-state index is 0.0281. The highest BCUT2D eigenvalue weighted by Crippen LogP contribution is 2.20. The molecule has 6 nitrogen and oxygen atoms in total. The zero-order valence-corrected chi connectivity index (χ0v) is 12.8. The van der Waals surface area contributed by atoms with Crippen LogP contribution in [0, 0.1) is 0 Å². The van der Waals surface area contributed by atoms with Gasteiger partial charge in [-0.3, -0.25) is 0 Å². The first kappa shape index (κ1) is 16.4. The summed E-state index contributed by atoms with van der Waals surface area (Å²) in [5, 5.41) is 12.1. The molecule has 0 aliphatic rings. The summed E-state index contributed by atoms with van der Waals surface area (Å²) in [5.41, 5.74) is 1.71. The topological polar surface area (TPSA) is 84.9 Å². The van der Waals surface area contributed by atoms with Crippen molar-refractivity contribution in [3.05, 3.63) is 59.2 Å². The summed E-state index contributed by atoms with van der Waals surface area (Å²) in [4.78, 5) is 22.9. The molecule has 0 radical (unpaired) electrons. The van der Waals surface area contributed by atoms with Gasteiger partial charge in [0.25, 0.3) is 0 Å². The van der Waals surface area contributed by atoms with E-state index >= 15 is 0 Å². The van der Waals surface area contributed by atoms with Gasteiger partial charge in [0.05, 0.1) is 25.3 Å². The molecule has 120 valence electrons. The van der Waals surface area contributed by atoms with Crippen molar-refractivity contribution in [2.24, 2.45) is 0 Å². The Morgan fingerprint density at radius 3 is 2.35 bits per heavy atom. The fraction of sp³-hybridized carbons (Fsp3) is 0.176. The van der Waals surface area contributed by atoms with Gasteiger partial charge in [-0.05, 0) is 35.9 Å². The van der Waals surface area contributed by atoms with Gasteiger partial charge in [-0.15, -0.1) is 0 Å². The number of carboxylic acid groups (broad SMARTS) is 1. The molecule has 2 aromatic carbocycles. The lowest BCUT2D eigenvalue weighted by molar-refractivity contribution is 0.0602. The molecule has 0 amide bonds. The van der Waals surface area contributed by atoms with Crippen molar-refractivity contribution in [2.75, 3.05) is 19.5 Å². The van der Waals surface area contributed by atoms with Crippen LogP contribution in [-0.2, 0) is 11.3 Å². The first-order valence-corrected chi connectivity index (χ1v) is 6.87. The molecule has 0 saturated carbocycles. The largest absolute Gasteiger partial charge is 0.497 e. The minimum Gasteiger partial charge on any atom is -0.497 e. The maximum atomic E-state index is 11.8. The molecule has 0 bridgehead atoms. The first-order chi connectivity index (χ1) is 11.0. The van der Waals surface area contributed by atoms with E-state index in [1.807, 2.05) is 24.3 Å². The number of rotatable bonds is 6. The molecule has 0 fully saturated rings. The molecule has 0 unspecified atom stereocenters. The molecule has 0 aromatic heterocycles. The minimum atomic E-state index is -1.10. The zero-order valence-electron chi connectivity index (χ0n) is 12.8. The number of esters is 1. The molecule has 0 spiro atoms. The van der Waals surface area contributed by atoms with Crippen molar-refractivity contribution < 1.29 is 24.2 Å². The lowest BCUT2D eigenvalue weighted by atomic mass is 10.1. The number of carbonyl (C=O) groups is 2. The fourth-order valence-electron chi connectivity index (χ4n) is 2.05. The van der Waals surface area contributed by atoms with Gasteiger partial charge in [0.2, 0.25) is 0 Å². The predicted octanol–water partition coefficient (Wildman–Crippen LogP) is 2.79. The van der Waals surface area contributed by atoms with Crippen LogP contribution in [0.3, 0.4) is 0 Å². The third-order valence-corrected chi connectivity index (χ3v) is 3.31. The van der Waals surface area contributed by atoms with Gasteiger partial charge in [-0.1, -0.05) is 12.1 Å². The molecule has 0 aliphatic carbocycles. The SMILES string of the molecule is COC(=O)c1cc(C(=O)O)ccc1NCc1ccc(OC)cc1. The second kappa shape index (κ2) is 7.31. The van der Waals surface area contributed by atoms with Gasteiger partial charge in [0, 0.05) is 12.2 Å². The van der Waals surface area contributed by atoms with Crippen LogP contribution < -0.4 is 10.1 Å². The van der Waals surface area contributed by atoms with Crippen LogP contribution in [0.4, 0.5) is 5.69 Å². The van der Waals surface area contributed by atoms with E-state index in [1.54, 1.807) is 13.2 Å². The molecule has 0 atom stereocenters. The highest BCUT2D eigenvalue weighted by molar-refractivity contribution is 5.99. The Hall–Kier alpha value is -3.02. The van der Waals surface area contributed by atoms with Gasteiger partial charge < -0.3 is 19.9 Å². The van der Waals surface area contributed by atoms with Crippen molar-refractivity contribution >= 4 is 17.6 Å². The maximum absolute atomic E-state index is 11.8. The monoisotopic (exact) mass is 315 g/mol. The maximum Gasteiger partial charge on any atom is 0.339 e. The van der Waals surface area contributed by atoms with Gasteiger partial charge in [0.1, 0.15) is 5.75 Å². The van der Waals surface area contributed by atoms with Crippen LogP contribution in [0.15, 0.2) is 42.5 Å². The van der Waals surface area contributed by atoms with Crippen molar-refractivity contribution in [2.45, 2.75) is 6.54 Å². The number of hydrogen-bond acceptors (Lipinski definition) is 5. The lowest BCUT2D eigenvalue weighted by Crippen LogP contribution is -2.10.